The molecular formula is C14H24O2. The molecule has 2 aliphatic carbocycles. The van der Waals surface area contributed by atoms with Gasteiger partial charge in [-0.05, 0) is 48.9 Å². The van der Waals surface area contributed by atoms with Crippen molar-refractivity contribution in [2.75, 3.05) is 0 Å². The molecule has 92 valence electrons. The van der Waals surface area contributed by atoms with E-state index in [1.54, 1.807) is 0 Å². The minimum Gasteiger partial charge on any atom is -0.481 e. The first-order chi connectivity index (χ1) is 7.41. The normalized spacial score (nSPS) is 38.7. The second-order valence-electron chi connectivity index (χ2n) is 6.57. The lowest BCUT2D eigenvalue weighted by molar-refractivity contribution is -0.139. The van der Waals surface area contributed by atoms with Gasteiger partial charge in [0.2, 0.25) is 0 Å². The van der Waals surface area contributed by atoms with Crippen molar-refractivity contribution in [2.45, 2.75) is 59.3 Å². The van der Waals surface area contributed by atoms with Crippen LogP contribution in [0.3, 0.4) is 0 Å². The van der Waals surface area contributed by atoms with Crippen LogP contribution in [0.1, 0.15) is 59.3 Å². The largest absolute Gasteiger partial charge is 0.481 e. The van der Waals surface area contributed by atoms with Gasteiger partial charge in [-0.2, -0.15) is 0 Å². The van der Waals surface area contributed by atoms with Gasteiger partial charge in [0.25, 0.3) is 0 Å². The summed E-state index contributed by atoms with van der Waals surface area (Å²) in [7, 11) is 0. The SMILES string of the molecule is CCC(C)(C)C1CCC2(CC1)C[C@@H]2C(=O)O. The lowest BCUT2D eigenvalue weighted by Crippen LogP contribution is -2.29. The molecule has 2 saturated carbocycles. The number of rotatable bonds is 3. The number of carboxylic acid groups (broad SMARTS) is 1. The first-order valence-electron chi connectivity index (χ1n) is 6.64. The summed E-state index contributed by atoms with van der Waals surface area (Å²) in [5, 5.41) is 9.04. The number of carbonyl (C=O) groups is 1. The molecular weight excluding hydrogens is 200 g/mol. The molecule has 0 unspecified atom stereocenters. The topological polar surface area (TPSA) is 37.3 Å². The Bertz CT molecular complexity index is 285. The molecule has 0 aromatic carbocycles. The van der Waals surface area contributed by atoms with Crippen molar-refractivity contribution in [3.05, 3.63) is 0 Å². The highest BCUT2D eigenvalue weighted by atomic mass is 16.4. The summed E-state index contributed by atoms with van der Waals surface area (Å²) in [5.41, 5.74) is 0.654. The maximum Gasteiger partial charge on any atom is 0.307 e. The highest BCUT2D eigenvalue weighted by Gasteiger charge is 2.59. The molecule has 1 atom stereocenters. The third kappa shape index (κ3) is 1.87. The molecule has 0 bridgehead atoms. The standard InChI is InChI=1S/C14H24O2/c1-4-13(2,3)10-5-7-14(8-6-10)9-11(14)12(15)16/h10-11H,4-9H2,1-3H3,(H,15,16)/t10?,11-,14?/m1/s1. The van der Waals surface area contributed by atoms with E-state index in [4.69, 9.17) is 5.11 Å². The fraction of sp³-hybridized carbons (Fsp3) is 0.929. The zero-order valence-corrected chi connectivity index (χ0v) is 10.8. The minimum absolute atomic E-state index is 0.0156. The van der Waals surface area contributed by atoms with Crippen LogP contribution in [0.25, 0.3) is 0 Å². The van der Waals surface area contributed by atoms with Crippen molar-refractivity contribution >= 4 is 5.97 Å². The molecule has 0 aromatic rings. The Morgan fingerprint density at radius 1 is 1.38 bits per heavy atom. The maximum atomic E-state index is 11.0. The summed E-state index contributed by atoms with van der Waals surface area (Å²) in [6, 6.07) is 0. The van der Waals surface area contributed by atoms with Gasteiger partial charge < -0.3 is 5.11 Å². The summed E-state index contributed by atoms with van der Waals surface area (Å²) in [4.78, 5) is 11.0. The monoisotopic (exact) mass is 224 g/mol. The lowest BCUT2D eigenvalue weighted by Gasteiger charge is -2.39. The van der Waals surface area contributed by atoms with Gasteiger partial charge >= 0.3 is 5.97 Å². The van der Waals surface area contributed by atoms with Crippen LogP contribution in [0.5, 0.6) is 0 Å². The second kappa shape index (κ2) is 3.75. The number of aliphatic carboxylic acids is 1. The average Bonchev–Trinajstić information content (AvgIpc) is 2.93. The summed E-state index contributed by atoms with van der Waals surface area (Å²) in [6.45, 7) is 6.98. The van der Waals surface area contributed by atoms with Gasteiger partial charge in [0, 0.05) is 0 Å². The molecule has 0 radical (unpaired) electrons. The summed E-state index contributed by atoms with van der Waals surface area (Å²) in [6.07, 6.45) is 6.96. The van der Waals surface area contributed by atoms with Crippen molar-refractivity contribution in [1.29, 1.82) is 0 Å². The van der Waals surface area contributed by atoms with E-state index in [0.717, 1.165) is 25.2 Å². The smallest absolute Gasteiger partial charge is 0.307 e. The Balaban J connectivity index is 1.91. The molecule has 2 heteroatoms. The highest BCUT2D eigenvalue weighted by molar-refractivity contribution is 5.74. The molecule has 16 heavy (non-hydrogen) atoms. The van der Waals surface area contributed by atoms with Crippen LogP contribution >= 0.6 is 0 Å². The fourth-order valence-electron chi connectivity index (χ4n) is 3.51. The molecule has 0 amide bonds. The Kier molecular flexibility index (Phi) is 2.80. The predicted octanol–water partition coefficient (Wildman–Crippen LogP) is 3.70. The third-order valence-corrected chi connectivity index (χ3v) is 5.49. The summed E-state index contributed by atoms with van der Waals surface area (Å²) < 4.78 is 0. The Labute approximate surface area is 98.4 Å². The van der Waals surface area contributed by atoms with Gasteiger partial charge in [-0.3, -0.25) is 4.79 Å². The van der Waals surface area contributed by atoms with Crippen LogP contribution in [0, 0.1) is 22.7 Å². The number of hydrogen-bond donors (Lipinski definition) is 1. The van der Waals surface area contributed by atoms with Gasteiger partial charge in [0.1, 0.15) is 0 Å². The second-order valence-corrected chi connectivity index (χ2v) is 6.57. The van der Waals surface area contributed by atoms with E-state index in [2.05, 4.69) is 20.8 Å². The molecule has 1 spiro atoms. The van der Waals surface area contributed by atoms with E-state index in [1.165, 1.54) is 19.3 Å². The van der Waals surface area contributed by atoms with Crippen molar-refractivity contribution in [2.24, 2.45) is 22.7 Å². The molecule has 0 aromatic heterocycles. The van der Waals surface area contributed by atoms with E-state index < -0.39 is 5.97 Å². The van der Waals surface area contributed by atoms with Crippen LogP contribution < -0.4 is 0 Å². The average molecular weight is 224 g/mol. The van der Waals surface area contributed by atoms with Gasteiger partial charge in [0.15, 0.2) is 0 Å². The van der Waals surface area contributed by atoms with E-state index in [1.807, 2.05) is 0 Å². The molecule has 1 N–H and O–H groups in total. The van der Waals surface area contributed by atoms with Gasteiger partial charge in [-0.1, -0.05) is 27.2 Å². The zero-order valence-electron chi connectivity index (χ0n) is 10.8. The molecule has 2 aliphatic rings. The van der Waals surface area contributed by atoms with Gasteiger partial charge in [0.05, 0.1) is 5.92 Å². The Morgan fingerprint density at radius 2 is 1.94 bits per heavy atom. The van der Waals surface area contributed by atoms with Crippen molar-refractivity contribution in [1.82, 2.24) is 0 Å². The first-order valence-corrected chi connectivity index (χ1v) is 6.64. The number of hydrogen-bond acceptors (Lipinski definition) is 1. The third-order valence-electron chi connectivity index (χ3n) is 5.49. The molecule has 2 nitrogen and oxygen atoms in total. The number of carboxylic acids is 1. The molecule has 0 saturated heterocycles. The maximum absolute atomic E-state index is 11.0. The van der Waals surface area contributed by atoms with Crippen molar-refractivity contribution in [3.63, 3.8) is 0 Å². The molecule has 0 heterocycles. The van der Waals surface area contributed by atoms with E-state index in [-0.39, 0.29) is 11.3 Å². The molecule has 2 rings (SSSR count). The first kappa shape index (κ1) is 11.9. The quantitative estimate of drug-likeness (QED) is 0.793. The Morgan fingerprint density at radius 3 is 2.31 bits per heavy atom. The van der Waals surface area contributed by atoms with Crippen LogP contribution in [-0.2, 0) is 4.79 Å². The van der Waals surface area contributed by atoms with Crippen LogP contribution in [0.2, 0.25) is 0 Å². The summed E-state index contributed by atoms with van der Waals surface area (Å²) >= 11 is 0. The minimum atomic E-state index is -0.562. The molecule has 2 fully saturated rings. The van der Waals surface area contributed by atoms with Gasteiger partial charge in [-0.25, -0.2) is 0 Å². The van der Waals surface area contributed by atoms with Crippen molar-refractivity contribution < 1.29 is 9.90 Å². The van der Waals surface area contributed by atoms with E-state index in [9.17, 15) is 4.79 Å². The van der Waals surface area contributed by atoms with Gasteiger partial charge in [-0.15, -0.1) is 0 Å². The van der Waals surface area contributed by atoms with Crippen molar-refractivity contribution in [3.8, 4) is 0 Å². The summed E-state index contributed by atoms with van der Waals surface area (Å²) in [5.74, 6) is 0.226. The highest BCUT2D eigenvalue weighted by Crippen LogP contribution is 2.63. The predicted molar refractivity (Wildman–Crippen MR) is 64.2 cm³/mol. The zero-order chi connectivity index (χ0) is 12.0. The lowest BCUT2D eigenvalue weighted by atomic mass is 9.66. The Hall–Kier alpha value is -0.530. The van der Waals surface area contributed by atoms with E-state index >= 15 is 0 Å². The van der Waals surface area contributed by atoms with Crippen LogP contribution in [0.15, 0.2) is 0 Å². The fourth-order valence-corrected chi connectivity index (χ4v) is 3.51. The van der Waals surface area contributed by atoms with E-state index in [0.29, 0.717) is 5.41 Å². The van der Waals surface area contributed by atoms with Crippen LogP contribution in [0.4, 0.5) is 0 Å². The molecule has 0 aliphatic heterocycles. The van der Waals surface area contributed by atoms with Crippen LogP contribution in [-0.4, -0.2) is 11.1 Å².